The Morgan fingerprint density at radius 3 is 2.36 bits per heavy atom. The maximum absolute atomic E-state index is 13.4. The number of benzene rings is 3. The van der Waals surface area contributed by atoms with Crippen LogP contribution in [-0.4, -0.2) is 55.7 Å². The summed E-state index contributed by atoms with van der Waals surface area (Å²) in [4.78, 5) is 52.9. The minimum Gasteiger partial charge on any atom is -0.482 e. The van der Waals surface area contributed by atoms with Crippen molar-refractivity contribution in [1.29, 1.82) is 0 Å². The Morgan fingerprint density at radius 2 is 1.64 bits per heavy atom. The minimum absolute atomic E-state index is 0.170. The summed E-state index contributed by atoms with van der Waals surface area (Å²) in [5.74, 6) is -0.832. The lowest BCUT2D eigenvalue weighted by atomic mass is 10.0. The first-order valence-electron chi connectivity index (χ1n) is 13.9. The molecular weight excluding hydrogens is 536 g/mol. The maximum atomic E-state index is 13.4. The van der Waals surface area contributed by atoms with Crippen molar-refractivity contribution in [3.05, 3.63) is 84.4 Å². The fourth-order valence-electron chi connectivity index (χ4n) is 4.13. The van der Waals surface area contributed by atoms with Crippen LogP contribution in [0.4, 0.5) is 21.9 Å². The van der Waals surface area contributed by atoms with Gasteiger partial charge in [-0.15, -0.1) is 0 Å². The van der Waals surface area contributed by atoms with Crippen LogP contribution in [-0.2, 0) is 20.8 Å². The van der Waals surface area contributed by atoms with Crippen molar-refractivity contribution < 1.29 is 29.0 Å². The monoisotopic (exact) mass is 574 g/mol. The molecule has 0 spiro atoms. The van der Waals surface area contributed by atoms with Gasteiger partial charge in [0.25, 0.3) is 5.91 Å². The van der Waals surface area contributed by atoms with Crippen molar-refractivity contribution in [3.8, 4) is 5.75 Å². The smallest absolute Gasteiger partial charge is 0.319 e. The molecule has 3 aromatic rings. The number of anilines is 3. The number of likely N-dealkylation sites (N-methyl/N-ethyl adjacent to an activating group) is 1. The van der Waals surface area contributed by atoms with E-state index in [-0.39, 0.29) is 31.4 Å². The molecule has 42 heavy (non-hydrogen) atoms. The van der Waals surface area contributed by atoms with Gasteiger partial charge in [-0.1, -0.05) is 62.7 Å². The average Bonchev–Trinajstić information content (AvgIpc) is 2.99. The molecule has 3 aromatic carbocycles. The van der Waals surface area contributed by atoms with Crippen molar-refractivity contribution in [2.45, 2.75) is 33.1 Å². The molecule has 3 N–H and O–H groups in total. The molecule has 0 saturated heterocycles. The number of hydrogen-bond acceptors (Lipinski definition) is 5. The van der Waals surface area contributed by atoms with Crippen LogP contribution in [0.2, 0.25) is 0 Å². The van der Waals surface area contributed by atoms with Gasteiger partial charge in [0, 0.05) is 25.0 Å². The predicted octanol–water partition coefficient (Wildman–Crippen LogP) is 4.95. The van der Waals surface area contributed by atoms with Gasteiger partial charge in [-0.05, 0) is 54.3 Å². The van der Waals surface area contributed by atoms with Crippen LogP contribution < -0.4 is 25.2 Å². The quantitative estimate of drug-likeness (QED) is 0.250. The highest BCUT2D eigenvalue weighted by Gasteiger charge is 2.22. The fraction of sp³-hybridized carbons (Fsp3) is 0.312. The van der Waals surface area contributed by atoms with Gasteiger partial charge >= 0.3 is 12.0 Å². The average molecular weight is 575 g/mol. The van der Waals surface area contributed by atoms with Crippen LogP contribution in [0, 0.1) is 5.92 Å². The number of ether oxygens (including phenoxy) is 1. The summed E-state index contributed by atoms with van der Waals surface area (Å²) < 4.78 is 5.92. The molecule has 10 nitrogen and oxygen atoms in total. The normalized spacial score (nSPS) is 11.2. The van der Waals surface area contributed by atoms with E-state index in [0.717, 1.165) is 18.5 Å². The Balaban J connectivity index is 1.69. The zero-order valence-electron chi connectivity index (χ0n) is 24.2. The first-order chi connectivity index (χ1) is 20.2. The van der Waals surface area contributed by atoms with E-state index in [1.54, 1.807) is 60.5 Å². The number of carbonyl (C=O) groups excluding carboxylic acids is 3. The molecule has 0 aliphatic heterocycles. The van der Waals surface area contributed by atoms with Gasteiger partial charge in [-0.25, -0.2) is 4.79 Å². The highest BCUT2D eigenvalue weighted by atomic mass is 16.5. The summed E-state index contributed by atoms with van der Waals surface area (Å²) in [5, 5.41) is 14.2. The van der Waals surface area contributed by atoms with Crippen molar-refractivity contribution >= 4 is 40.9 Å². The van der Waals surface area contributed by atoms with Crippen LogP contribution in [0.1, 0.15) is 32.3 Å². The summed E-state index contributed by atoms with van der Waals surface area (Å²) in [6, 6.07) is 22.2. The topological polar surface area (TPSA) is 128 Å². The summed E-state index contributed by atoms with van der Waals surface area (Å²) in [7, 11) is 1.67. The molecule has 0 fully saturated rings. The Labute approximate surface area is 246 Å². The van der Waals surface area contributed by atoms with Gasteiger partial charge in [0.05, 0.1) is 18.7 Å². The summed E-state index contributed by atoms with van der Waals surface area (Å²) in [5.41, 5.74) is 2.20. The number of nitrogens with zero attached hydrogens (tertiary/aromatic N) is 2. The third-order valence-corrected chi connectivity index (χ3v) is 6.81. The lowest BCUT2D eigenvalue weighted by molar-refractivity contribution is -0.136. The van der Waals surface area contributed by atoms with Crippen molar-refractivity contribution in [3.63, 3.8) is 0 Å². The molecule has 0 saturated carbocycles. The lowest BCUT2D eigenvalue weighted by Crippen LogP contribution is -2.42. The van der Waals surface area contributed by atoms with Crippen molar-refractivity contribution in [2.24, 2.45) is 5.92 Å². The molecule has 0 unspecified atom stereocenters. The van der Waals surface area contributed by atoms with Crippen molar-refractivity contribution in [1.82, 2.24) is 5.32 Å². The Bertz CT molecular complexity index is 1360. The second kappa shape index (κ2) is 15.8. The molecule has 3 rings (SSSR count). The predicted molar refractivity (Wildman–Crippen MR) is 163 cm³/mol. The summed E-state index contributed by atoms with van der Waals surface area (Å²) >= 11 is 0. The van der Waals surface area contributed by atoms with Gasteiger partial charge in [0.1, 0.15) is 5.75 Å². The van der Waals surface area contributed by atoms with E-state index in [1.807, 2.05) is 30.3 Å². The lowest BCUT2D eigenvalue weighted by Gasteiger charge is -2.27. The first-order valence-corrected chi connectivity index (χ1v) is 13.9. The van der Waals surface area contributed by atoms with Gasteiger partial charge in [-0.2, -0.15) is 0 Å². The number of para-hydroxylation sites is 3. The van der Waals surface area contributed by atoms with Crippen LogP contribution in [0.15, 0.2) is 78.9 Å². The molecule has 222 valence electrons. The van der Waals surface area contributed by atoms with E-state index in [1.165, 1.54) is 4.90 Å². The number of nitrogens with one attached hydrogen (secondary N) is 2. The summed E-state index contributed by atoms with van der Waals surface area (Å²) in [6.07, 6.45) is 1.51. The second-order valence-corrected chi connectivity index (χ2v) is 9.97. The molecule has 0 radical (unpaired) electrons. The number of hydrogen-bond donors (Lipinski definition) is 3. The highest BCUT2D eigenvalue weighted by Crippen LogP contribution is 2.29. The van der Waals surface area contributed by atoms with Crippen LogP contribution in [0.5, 0.6) is 5.75 Å². The summed E-state index contributed by atoms with van der Waals surface area (Å²) in [6.45, 7) is 4.07. The fourth-order valence-corrected chi connectivity index (χ4v) is 4.13. The van der Waals surface area contributed by atoms with Gasteiger partial charge in [0.15, 0.2) is 6.61 Å². The van der Waals surface area contributed by atoms with E-state index in [0.29, 0.717) is 35.2 Å². The molecule has 0 aromatic heterocycles. The number of amides is 4. The SMILES string of the molecule is CC[C@H](C)CCN(C(=O)CNC(=O)Nc1cccc(CC(=O)O)c1)c1ccccc1OCC(=O)N(C)c1ccccc1. The van der Waals surface area contributed by atoms with E-state index < -0.39 is 12.0 Å². The Kier molecular flexibility index (Phi) is 11.9. The Hall–Kier alpha value is -4.86. The minimum atomic E-state index is -0.975. The number of aliphatic carboxylic acids is 1. The van der Waals surface area contributed by atoms with Gasteiger partial charge in [0.2, 0.25) is 5.91 Å². The number of carboxylic acids is 1. The molecule has 1 atom stereocenters. The zero-order chi connectivity index (χ0) is 30.5. The molecule has 0 bridgehead atoms. The van der Waals surface area contributed by atoms with E-state index >= 15 is 0 Å². The molecule has 0 aliphatic carbocycles. The van der Waals surface area contributed by atoms with Crippen LogP contribution >= 0.6 is 0 Å². The number of urea groups is 1. The largest absolute Gasteiger partial charge is 0.482 e. The van der Waals surface area contributed by atoms with Gasteiger partial charge < -0.3 is 30.3 Å². The second-order valence-electron chi connectivity index (χ2n) is 9.97. The van der Waals surface area contributed by atoms with Crippen LogP contribution in [0.3, 0.4) is 0 Å². The zero-order valence-corrected chi connectivity index (χ0v) is 24.2. The molecule has 10 heteroatoms. The van der Waals surface area contributed by atoms with Gasteiger partial charge in [-0.3, -0.25) is 14.4 Å². The highest BCUT2D eigenvalue weighted by molar-refractivity contribution is 5.99. The maximum Gasteiger partial charge on any atom is 0.319 e. The van der Waals surface area contributed by atoms with E-state index in [2.05, 4.69) is 24.5 Å². The molecular formula is C32H38N4O6. The number of carboxylic acid groups (broad SMARTS) is 1. The Morgan fingerprint density at radius 1 is 0.929 bits per heavy atom. The molecule has 4 amide bonds. The van der Waals surface area contributed by atoms with Crippen LogP contribution in [0.25, 0.3) is 0 Å². The van der Waals surface area contributed by atoms with E-state index in [4.69, 9.17) is 9.84 Å². The third-order valence-electron chi connectivity index (χ3n) is 6.81. The molecule has 0 heterocycles. The molecule has 0 aliphatic rings. The van der Waals surface area contributed by atoms with Crippen molar-refractivity contribution in [2.75, 3.05) is 41.9 Å². The first kappa shape index (κ1) is 31.7. The number of carbonyl (C=O) groups is 4. The van der Waals surface area contributed by atoms with E-state index in [9.17, 15) is 19.2 Å². The standard InChI is InChI=1S/C32H38N4O6/c1-4-23(2)17-18-36(29(37)21-33-32(41)34-25-12-10-11-24(19-25)20-31(39)40)27-15-8-9-16-28(27)42-22-30(38)35(3)26-13-6-5-7-14-26/h5-16,19,23H,4,17-18,20-22H2,1-3H3,(H,39,40)(H2,33,34,41)/t23-/m0/s1. The number of rotatable bonds is 14. The third kappa shape index (κ3) is 9.65.